The third kappa shape index (κ3) is 2.56. The molecule has 0 saturated carbocycles. The Hall–Kier alpha value is -3.36. The molecule has 3 heterocycles. The summed E-state index contributed by atoms with van der Waals surface area (Å²) >= 11 is 0. The number of para-hydroxylation sites is 1. The number of aromatic nitrogens is 4. The molecule has 0 saturated heterocycles. The van der Waals surface area contributed by atoms with Gasteiger partial charge in [0.1, 0.15) is 12.4 Å². The summed E-state index contributed by atoms with van der Waals surface area (Å²) in [6.45, 7) is 2.25. The molecule has 2 aromatic heterocycles. The third-order valence-electron chi connectivity index (χ3n) is 3.63. The average molecular weight is 323 g/mol. The number of nitrogen functional groups attached to an aromatic ring is 1. The highest BCUT2D eigenvalue weighted by molar-refractivity contribution is 5.91. The number of azo groups is 1. The number of benzene rings is 1. The number of hydrazone groups is 1. The molecule has 120 valence electrons. The Morgan fingerprint density at radius 2 is 2.08 bits per heavy atom. The van der Waals surface area contributed by atoms with E-state index in [9.17, 15) is 0 Å². The maximum Gasteiger partial charge on any atom is 0.267 e. The number of rotatable bonds is 4. The molecular formula is C15H15N8O+. The van der Waals surface area contributed by atoms with E-state index in [-0.39, 0.29) is 12.6 Å². The lowest BCUT2D eigenvalue weighted by Gasteiger charge is -2.06. The standard InChI is InChI=1S/C15H14N8O/c1-9-11(21-23(20-9)10-5-3-2-4-6-10)8-24-12-7-13(16)17-15-14(12)18-22-19-15/h2-7,9,16,20H,8H2,1H3/p+1. The molecule has 3 aromatic rings. The van der Waals surface area contributed by atoms with Crippen molar-refractivity contribution in [3.8, 4) is 5.75 Å². The van der Waals surface area contributed by atoms with Gasteiger partial charge in [-0.3, -0.25) is 0 Å². The monoisotopic (exact) mass is 323 g/mol. The summed E-state index contributed by atoms with van der Waals surface area (Å²) in [5, 5.41) is 19.5. The zero-order chi connectivity index (χ0) is 16.5. The molecule has 4 rings (SSSR count). The second-order valence-electron chi connectivity index (χ2n) is 5.34. The lowest BCUT2D eigenvalue weighted by Crippen LogP contribution is -2.20. The van der Waals surface area contributed by atoms with Crippen LogP contribution in [0.2, 0.25) is 0 Å². The first-order chi connectivity index (χ1) is 11.7. The first-order valence-electron chi connectivity index (χ1n) is 7.44. The Morgan fingerprint density at radius 1 is 1.25 bits per heavy atom. The molecule has 9 heteroatoms. The lowest BCUT2D eigenvalue weighted by atomic mass is 10.2. The van der Waals surface area contributed by atoms with Crippen LogP contribution in [0.4, 0.5) is 11.5 Å². The zero-order valence-electron chi connectivity index (χ0n) is 12.9. The van der Waals surface area contributed by atoms with Crippen molar-refractivity contribution in [1.29, 1.82) is 0 Å². The van der Waals surface area contributed by atoms with Gasteiger partial charge in [-0.15, -0.1) is 5.10 Å². The summed E-state index contributed by atoms with van der Waals surface area (Å²) in [6.07, 6.45) is 0. The van der Waals surface area contributed by atoms with Crippen molar-refractivity contribution in [2.75, 3.05) is 12.3 Å². The average Bonchev–Trinajstić information content (AvgIpc) is 3.20. The number of pyridine rings is 1. The maximum absolute atomic E-state index is 5.84. The molecule has 9 nitrogen and oxygen atoms in total. The van der Waals surface area contributed by atoms with Crippen LogP contribution < -0.4 is 10.5 Å². The Kier molecular flexibility index (Phi) is 3.38. The highest BCUT2D eigenvalue weighted by Crippen LogP contribution is 2.24. The van der Waals surface area contributed by atoms with Gasteiger partial charge in [-0.1, -0.05) is 18.2 Å². The van der Waals surface area contributed by atoms with Crippen LogP contribution in [0.25, 0.3) is 11.2 Å². The molecule has 1 aromatic carbocycles. The number of nitrogens with one attached hydrogen (secondary N) is 1. The van der Waals surface area contributed by atoms with Crippen LogP contribution >= 0.6 is 0 Å². The van der Waals surface area contributed by atoms with Crippen LogP contribution in [0, 0.1) is 0 Å². The molecule has 1 aliphatic rings. The fraction of sp³-hybridized carbons (Fsp3) is 0.200. The van der Waals surface area contributed by atoms with E-state index in [4.69, 9.17) is 10.5 Å². The van der Waals surface area contributed by atoms with Crippen LogP contribution in [0.3, 0.4) is 0 Å². The van der Waals surface area contributed by atoms with Gasteiger partial charge in [-0.05, 0) is 6.92 Å². The van der Waals surface area contributed by atoms with Crippen molar-refractivity contribution in [2.45, 2.75) is 13.0 Å². The Labute approximate surface area is 136 Å². The molecule has 1 aliphatic heterocycles. The zero-order valence-corrected chi connectivity index (χ0v) is 12.9. The summed E-state index contributed by atoms with van der Waals surface area (Å²) in [5.74, 6) is 0.836. The van der Waals surface area contributed by atoms with E-state index in [2.05, 4.69) is 30.6 Å². The lowest BCUT2D eigenvalue weighted by molar-refractivity contribution is -0.513. The second-order valence-corrected chi connectivity index (χ2v) is 5.34. The van der Waals surface area contributed by atoms with Crippen LogP contribution in [-0.2, 0) is 0 Å². The van der Waals surface area contributed by atoms with Crippen molar-refractivity contribution in [3.63, 3.8) is 0 Å². The fourth-order valence-electron chi connectivity index (χ4n) is 2.38. The minimum Gasteiger partial charge on any atom is -0.485 e. The molecule has 0 amide bonds. The number of hydrogen-bond acceptors (Lipinski definition) is 7. The minimum absolute atomic E-state index is 0.0720. The largest absolute Gasteiger partial charge is 0.485 e. The van der Waals surface area contributed by atoms with E-state index < -0.39 is 0 Å². The van der Waals surface area contributed by atoms with Crippen molar-refractivity contribution in [3.05, 3.63) is 36.4 Å². The number of nitrogens with zero attached hydrogens (tertiary/aromatic N) is 6. The molecule has 0 fully saturated rings. The quantitative estimate of drug-likeness (QED) is 0.711. The summed E-state index contributed by atoms with van der Waals surface area (Å²) in [5.41, 5.74) is 8.44. The molecule has 0 bridgehead atoms. The molecule has 0 aliphatic carbocycles. The predicted molar refractivity (Wildman–Crippen MR) is 87.3 cm³/mol. The number of nitrogens with two attached hydrogens (primary N) is 1. The number of H-pyrrole nitrogens is 1. The first kappa shape index (κ1) is 14.2. The molecular weight excluding hydrogens is 308 g/mol. The molecule has 1 unspecified atom stereocenters. The van der Waals surface area contributed by atoms with E-state index in [0.717, 1.165) is 11.4 Å². The van der Waals surface area contributed by atoms with Crippen molar-refractivity contribution in [1.82, 2.24) is 20.4 Å². The van der Waals surface area contributed by atoms with Gasteiger partial charge in [0, 0.05) is 28.4 Å². The Balaban J connectivity index is 1.55. The number of aromatic amines is 1. The van der Waals surface area contributed by atoms with E-state index >= 15 is 0 Å². The number of ether oxygens (including phenoxy) is 1. The van der Waals surface area contributed by atoms with Gasteiger partial charge in [0.15, 0.2) is 23.0 Å². The van der Waals surface area contributed by atoms with Gasteiger partial charge in [-0.2, -0.15) is 10.3 Å². The smallest absolute Gasteiger partial charge is 0.267 e. The second kappa shape index (κ2) is 5.69. The SMILES string of the molecule is CC1N=[N+](c2ccccc2)N=C1COc1cc(N)nc2n[nH]nc12. The molecule has 24 heavy (non-hydrogen) atoms. The highest BCUT2D eigenvalue weighted by atomic mass is 16.5. The number of fused-ring (bicyclic) bond motifs is 1. The van der Waals surface area contributed by atoms with Gasteiger partial charge in [-0.25, -0.2) is 4.98 Å². The Bertz CT molecular complexity index is 947. The summed E-state index contributed by atoms with van der Waals surface area (Å²) in [4.78, 5) is 5.70. The van der Waals surface area contributed by atoms with E-state index in [0.29, 0.717) is 22.7 Å². The molecule has 0 spiro atoms. The van der Waals surface area contributed by atoms with E-state index in [1.807, 2.05) is 37.3 Å². The topological polar surface area (TPSA) is 117 Å². The highest BCUT2D eigenvalue weighted by Gasteiger charge is 2.28. The fourth-order valence-corrected chi connectivity index (χ4v) is 2.38. The molecule has 0 radical (unpaired) electrons. The summed E-state index contributed by atoms with van der Waals surface area (Å²) < 4.78 is 5.84. The molecule has 3 N–H and O–H groups in total. The van der Waals surface area contributed by atoms with Gasteiger partial charge >= 0.3 is 0 Å². The Morgan fingerprint density at radius 3 is 2.92 bits per heavy atom. The number of anilines is 1. The summed E-state index contributed by atoms with van der Waals surface area (Å²) in [6, 6.07) is 11.3. The molecule has 1 atom stereocenters. The maximum atomic E-state index is 5.84. The van der Waals surface area contributed by atoms with Crippen molar-refractivity contribution >= 4 is 28.4 Å². The van der Waals surface area contributed by atoms with Gasteiger partial charge in [0.2, 0.25) is 5.65 Å². The van der Waals surface area contributed by atoms with Gasteiger partial charge < -0.3 is 10.5 Å². The van der Waals surface area contributed by atoms with Crippen LogP contribution in [-0.4, -0.2) is 43.6 Å². The van der Waals surface area contributed by atoms with Crippen molar-refractivity contribution < 1.29 is 9.54 Å². The summed E-state index contributed by atoms with van der Waals surface area (Å²) in [7, 11) is 0. The predicted octanol–water partition coefficient (Wildman–Crippen LogP) is 1.87. The van der Waals surface area contributed by atoms with E-state index in [1.54, 1.807) is 10.9 Å². The van der Waals surface area contributed by atoms with Crippen molar-refractivity contribution in [2.24, 2.45) is 10.2 Å². The van der Waals surface area contributed by atoms with Gasteiger partial charge in [0.05, 0.1) is 4.81 Å². The normalized spacial score (nSPS) is 17.0. The van der Waals surface area contributed by atoms with E-state index in [1.165, 1.54) is 0 Å². The van der Waals surface area contributed by atoms with Crippen LogP contribution in [0.5, 0.6) is 5.75 Å². The third-order valence-corrected chi connectivity index (χ3v) is 3.63. The minimum atomic E-state index is -0.0720. The number of hydrogen-bond donors (Lipinski definition) is 2. The van der Waals surface area contributed by atoms with Crippen LogP contribution in [0.15, 0.2) is 46.6 Å². The van der Waals surface area contributed by atoms with Gasteiger partial charge in [0.25, 0.3) is 5.69 Å². The first-order valence-corrected chi connectivity index (χ1v) is 7.44. The van der Waals surface area contributed by atoms with Crippen LogP contribution in [0.1, 0.15) is 6.92 Å².